The van der Waals surface area contributed by atoms with E-state index in [0.717, 1.165) is 37.6 Å². The summed E-state index contributed by atoms with van der Waals surface area (Å²) >= 11 is 12.0. The minimum absolute atomic E-state index is 0.0795. The number of nitriles is 1. The first-order valence-electron chi connectivity index (χ1n) is 9.13. The van der Waals surface area contributed by atoms with Crippen molar-refractivity contribution in [3.05, 3.63) is 64.3 Å². The molecule has 1 saturated heterocycles. The summed E-state index contributed by atoms with van der Waals surface area (Å²) in [6, 6.07) is 14.5. The van der Waals surface area contributed by atoms with Crippen LogP contribution in [0.4, 0.5) is 17.1 Å². The summed E-state index contributed by atoms with van der Waals surface area (Å²) in [4.78, 5) is 17.0. The van der Waals surface area contributed by atoms with Gasteiger partial charge in [-0.25, -0.2) is 0 Å². The Bertz CT molecular complexity index is 945. The second kappa shape index (κ2) is 9.66. The fourth-order valence-corrected chi connectivity index (χ4v) is 3.26. The van der Waals surface area contributed by atoms with E-state index in [0.29, 0.717) is 15.7 Å². The Labute approximate surface area is 180 Å². The van der Waals surface area contributed by atoms with E-state index in [9.17, 15) is 10.1 Å². The van der Waals surface area contributed by atoms with Crippen LogP contribution < -0.4 is 15.5 Å². The molecule has 0 radical (unpaired) electrons. The van der Waals surface area contributed by atoms with Gasteiger partial charge in [0.2, 0.25) is 0 Å². The third kappa shape index (κ3) is 5.64. The summed E-state index contributed by atoms with van der Waals surface area (Å²) in [7, 11) is 2.12. The van der Waals surface area contributed by atoms with Crippen LogP contribution in [0.1, 0.15) is 0 Å². The van der Waals surface area contributed by atoms with Crippen molar-refractivity contribution in [2.75, 3.05) is 48.8 Å². The van der Waals surface area contributed by atoms with Crippen molar-refractivity contribution in [2.45, 2.75) is 0 Å². The highest BCUT2D eigenvalue weighted by molar-refractivity contribution is 6.36. The molecule has 150 valence electrons. The van der Waals surface area contributed by atoms with Crippen LogP contribution in [0.2, 0.25) is 10.0 Å². The van der Waals surface area contributed by atoms with Crippen molar-refractivity contribution < 1.29 is 4.79 Å². The number of rotatable bonds is 5. The molecule has 1 aliphatic heterocycles. The molecule has 0 spiro atoms. The number of hydrogen-bond acceptors (Lipinski definition) is 5. The van der Waals surface area contributed by atoms with Gasteiger partial charge in [0.15, 0.2) is 0 Å². The lowest BCUT2D eigenvalue weighted by Crippen LogP contribution is -2.44. The first kappa shape index (κ1) is 21.0. The van der Waals surface area contributed by atoms with Gasteiger partial charge in [-0.15, -0.1) is 0 Å². The average molecular weight is 430 g/mol. The number of halogens is 2. The van der Waals surface area contributed by atoms with Crippen LogP contribution in [0.5, 0.6) is 0 Å². The van der Waals surface area contributed by atoms with Crippen molar-refractivity contribution in [1.82, 2.24) is 4.90 Å². The Morgan fingerprint density at radius 1 is 1.10 bits per heavy atom. The van der Waals surface area contributed by atoms with E-state index in [4.69, 9.17) is 23.2 Å². The monoisotopic (exact) mass is 429 g/mol. The third-order valence-corrected chi connectivity index (χ3v) is 5.23. The van der Waals surface area contributed by atoms with E-state index in [-0.39, 0.29) is 5.57 Å². The molecule has 0 unspecified atom stereocenters. The van der Waals surface area contributed by atoms with Crippen LogP contribution in [0.3, 0.4) is 0 Å². The van der Waals surface area contributed by atoms with Crippen LogP contribution >= 0.6 is 23.2 Å². The van der Waals surface area contributed by atoms with Crippen molar-refractivity contribution >= 4 is 46.2 Å². The predicted molar refractivity (Wildman–Crippen MR) is 119 cm³/mol. The van der Waals surface area contributed by atoms with Crippen molar-refractivity contribution in [3.8, 4) is 6.07 Å². The van der Waals surface area contributed by atoms with Gasteiger partial charge < -0.3 is 20.4 Å². The number of nitrogens with one attached hydrogen (secondary N) is 2. The van der Waals surface area contributed by atoms with E-state index in [1.54, 1.807) is 12.1 Å². The van der Waals surface area contributed by atoms with Crippen LogP contribution in [0, 0.1) is 11.3 Å². The maximum atomic E-state index is 12.4. The van der Waals surface area contributed by atoms with Gasteiger partial charge in [0.1, 0.15) is 11.6 Å². The number of likely N-dealkylation sites (N-methyl/N-ethyl adjacent to an activating group) is 1. The number of nitrogens with zero attached hydrogens (tertiary/aromatic N) is 3. The second-order valence-corrected chi connectivity index (χ2v) is 7.57. The molecular formula is C21H21Cl2N5O. The molecule has 3 rings (SSSR count). The summed E-state index contributed by atoms with van der Waals surface area (Å²) in [5, 5.41) is 15.7. The summed E-state index contributed by atoms with van der Waals surface area (Å²) in [5.41, 5.74) is 2.21. The SMILES string of the molecule is CN1CCN(c2ccc(N/C=C(/C#N)C(=O)Nc3cc(Cl)ccc3Cl)cc2)CC1. The average Bonchev–Trinajstić information content (AvgIpc) is 2.72. The summed E-state index contributed by atoms with van der Waals surface area (Å²) < 4.78 is 0. The fourth-order valence-electron chi connectivity index (χ4n) is 2.92. The van der Waals surface area contributed by atoms with Gasteiger partial charge >= 0.3 is 0 Å². The van der Waals surface area contributed by atoms with Crippen molar-refractivity contribution in [2.24, 2.45) is 0 Å². The largest absolute Gasteiger partial charge is 0.369 e. The standard InChI is InChI=1S/C21H21Cl2N5O/c1-27-8-10-28(11-9-27)18-5-3-17(4-6-18)25-14-15(13-24)21(29)26-20-12-16(22)2-7-19(20)23/h2-7,12,14,25H,8-11H2,1H3,(H,26,29)/b15-14-. The zero-order chi connectivity index (χ0) is 20.8. The Morgan fingerprint density at radius 2 is 1.79 bits per heavy atom. The van der Waals surface area contributed by atoms with Gasteiger partial charge in [-0.2, -0.15) is 5.26 Å². The van der Waals surface area contributed by atoms with Crippen LogP contribution in [-0.4, -0.2) is 44.0 Å². The lowest BCUT2D eigenvalue weighted by atomic mass is 10.2. The zero-order valence-electron chi connectivity index (χ0n) is 16.0. The Balaban J connectivity index is 1.63. The number of carbonyl (C=O) groups excluding carboxylic acids is 1. The van der Waals surface area contributed by atoms with E-state index in [1.165, 1.54) is 12.3 Å². The normalized spacial score (nSPS) is 15.0. The molecule has 8 heteroatoms. The van der Waals surface area contributed by atoms with Gasteiger partial charge in [0.05, 0.1) is 10.7 Å². The topological polar surface area (TPSA) is 71.4 Å². The summed E-state index contributed by atoms with van der Waals surface area (Å²) in [6.07, 6.45) is 1.37. The second-order valence-electron chi connectivity index (χ2n) is 6.73. The summed E-state index contributed by atoms with van der Waals surface area (Å²) in [6.45, 7) is 4.07. The molecule has 2 aromatic rings. The minimum Gasteiger partial charge on any atom is -0.369 e. The minimum atomic E-state index is -0.571. The molecule has 1 amide bonds. The number of hydrogen-bond donors (Lipinski definition) is 2. The van der Waals surface area contributed by atoms with E-state index >= 15 is 0 Å². The molecule has 1 aliphatic rings. The molecule has 2 aromatic carbocycles. The highest BCUT2D eigenvalue weighted by atomic mass is 35.5. The first-order valence-corrected chi connectivity index (χ1v) is 9.88. The predicted octanol–water partition coefficient (Wildman–Crippen LogP) is 4.20. The molecule has 0 saturated carbocycles. The highest BCUT2D eigenvalue weighted by Gasteiger charge is 2.14. The number of amides is 1. The molecule has 0 bridgehead atoms. The smallest absolute Gasteiger partial charge is 0.267 e. The lowest BCUT2D eigenvalue weighted by molar-refractivity contribution is -0.112. The van der Waals surface area contributed by atoms with E-state index in [1.807, 2.05) is 30.3 Å². The molecule has 0 atom stereocenters. The molecule has 1 heterocycles. The first-order chi connectivity index (χ1) is 14.0. The zero-order valence-corrected chi connectivity index (χ0v) is 17.5. The molecule has 29 heavy (non-hydrogen) atoms. The van der Waals surface area contributed by atoms with Crippen LogP contribution in [-0.2, 0) is 4.79 Å². The molecule has 2 N–H and O–H groups in total. The van der Waals surface area contributed by atoms with Gasteiger partial charge in [-0.3, -0.25) is 4.79 Å². The number of benzene rings is 2. The quantitative estimate of drug-likeness (QED) is 0.550. The molecular weight excluding hydrogens is 409 g/mol. The number of anilines is 3. The van der Waals surface area contributed by atoms with Gasteiger partial charge in [-0.05, 0) is 49.5 Å². The summed E-state index contributed by atoms with van der Waals surface area (Å²) in [5.74, 6) is -0.571. The molecule has 0 aromatic heterocycles. The molecule has 1 fully saturated rings. The maximum Gasteiger partial charge on any atom is 0.267 e. The maximum absolute atomic E-state index is 12.4. The fraction of sp³-hybridized carbons (Fsp3) is 0.238. The molecule has 0 aliphatic carbocycles. The third-order valence-electron chi connectivity index (χ3n) is 4.66. The van der Waals surface area contributed by atoms with Gasteiger partial charge in [-0.1, -0.05) is 23.2 Å². The Hall–Kier alpha value is -2.72. The van der Waals surface area contributed by atoms with Crippen molar-refractivity contribution in [3.63, 3.8) is 0 Å². The van der Waals surface area contributed by atoms with Crippen LogP contribution in [0.15, 0.2) is 54.2 Å². The van der Waals surface area contributed by atoms with Gasteiger partial charge in [0.25, 0.3) is 5.91 Å². The highest BCUT2D eigenvalue weighted by Crippen LogP contribution is 2.26. The number of carbonyl (C=O) groups is 1. The van der Waals surface area contributed by atoms with Gasteiger partial charge in [0, 0.05) is 48.8 Å². The van der Waals surface area contributed by atoms with E-state index in [2.05, 4.69) is 27.5 Å². The Morgan fingerprint density at radius 3 is 2.45 bits per heavy atom. The number of piperazine rings is 1. The lowest BCUT2D eigenvalue weighted by Gasteiger charge is -2.34. The Kier molecular flexibility index (Phi) is 6.99. The van der Waals surface area contributed by atoms with Crippen molar-refractivity contribution in [1.29, 1.82) is 5.26 Å². The molecule has 6 nitrogen and oxygen atoms in total. The van der Waals surface area contributed by atoms with E-state index < -0.39 is 5.91 Å². The van der Waals surface area contributed by atoms with Crippen LogP contribution in [0.25, 0.3) is 0 Å².